The normalized spacial score (nSPS) is 12.7. The van der Waals surface area contributed by atoms with E-state index in [9.17, 15) is 9.00 Å². The molecule has 0 radical (unpaired) electrons. The Kier molecular flexibility index (Phi) is 5.97. The van der Waals surface area contributed by atoms with Crippen LogP contribution < -0.4 is 0 Å². The number of allylic oxidation sites excluding steroid dienone is 1. The Morgan fingerprint density at radius 2 is 1.96 bits per heavy atom. The van der Waals surface area contributed by atoms with Crippen LogP contribution in [0, 0.1) is 6.92 Å². The molecule has 0 amide bonds. The van der Waals surface area contributed by atoms with E-state index in [0.29, 0.717) is 16.3 Å². The van der Waals surface area contributed by atoms with Gasteiger partial charge in [-0.25, -0.2) is 0 Å². The van der Waals surface area contributed by atoms with Gasteiger partial charge in [0.25, 0.3) is 0 Å². The lowest BCUT2D eigenvalue weighted by Gasteiger charge is -2.10. The number of benzene rings is 1. The quantitative estimate of drug-likeness (QED) is 0.724. The highest BCUT2D eigenvalue weighted by Gasteiger charge is 2.14. The lowest BCUT2D eigenvalue weighted by atomic mass is 10.2. The van der Waals surface area contributed by atoms with Crippen LogP contribution in [0.5, 0.6) is 0 Å². The third-order valence-corrected chi connectivity index (χ3v) is 4.66. The zero-order valence-electron chi connectivity index (χ0n) is 13.5. The summed E-state index contributed by atoms with van der Waals surface area (Å²) >= 11 is 5.96. The molecule has 2 rings (SSSR count). The number of carbonyl (C=O) groups excluding carboxylic acids is 1. The Labute approximate surface area is 144 Å². The van der Waals surface area contributed by atoms with Crippen LogP contribution in [-0.4, -0.2) is 26.6 Å². The van der Waals surface area contributed by atoms with Crippen molar-refractivity contribution in [2.24, 2.45) is 0 Å². The zero-order chi connectivity index (χ0) is 17.0. The van der Waals surface area contributed by atoms with Crippen molar-refractivity contribution in [1.82, 2.24) is 4.57 Å². The molecule has 0 spiro atoms. The molecule has 1 unspecified atom stereocenters. The first kappa shape index (κ1) is 17.7. The summed E-state index contributed by atoms with van der Waals surface area (Å²) in [5.74, 6) is 0.677. The Morgan fingerprint density at radius 3 is 2.52 bits per heavy atom. The minimum Gasteiger partial charge on any atom is -0.314 e. The van der Waals surface area contributed by atoms with Gasteiger partial charge in [-0.3, -0.25) is 9.00 Å². The van der Waals surface area contributed by atoms with E-state index in [1.165, 1.54) is 0 Å². The number of aromatic nitrogens is 1. The van der Waals surface area contributed by atoms with E-state index in [0.717, 1.165) is 23.5 Å². The fourth-order valence-corrected chi connectivity index (χ4v) is 3.07. The molecular formula is C18H20ClNO2S. The van der Waals surface area contributed by atoms with E-state index >= 15 is 0 Å². The molecule has 2 aromatic rings. The predicted molar refractivity (Wildman–Crippen MR) is 98.1 cm³/mol. The molecule has 0 N–H and O–H groups in total. The lowest BCUT2D eigenvalue weighted by molar-refractivity contribution is 0.101. The minimum atomic E-state index is -0.801. The fraction of sp³-hybridized carbons (Fsp3) is 0.278. The summed E-state index contributed by atoms with van der Waals surface area (Å²) in [6.07, 6.45) is 6.40. The van der Waals surface area contributed by atoms with Crippen molar-refractivity contribution in [3.05, 3.63) is 58.4 Å². The molecule has 3 nitrogen and oxygen atoms in total. The summed E-state index contributed by atoms with van der Waals surface area (Å²) < 4.78 is 13.2. The van der Waals surface area contributed by atoms with Crippen LogP contribution in [0.1, 0.15) is 35.1 Å². The topological polar surface area (TPSA) is 39.1 Å². The molecule has 1 atom stereocenters. The summed E-state index contributed by atoms with van der Waals surface area (Å²) in [6.45, 7) is 3.51. The SMILES string of the molecule is CC(=O)c1cc(/C=C/CCS(C)=O)n(-c2ccc(Cl)cc2)c1C. The van der Waals surface area contributed by atoms with E-state index in [1.807, 2.05) is 54.0 Å². The van der Waals surface area contributed by atoms with Gasteiger partial charge >= 0.3 is 0 Å². The van der Waals surface area contributed by atoms with Gasteiger partial charge in [-0.1, -0.05) is 17.7 Å². The van der Waals surface area contributed by atoms with Crippen molar-refractivity contribution in [2.75, 3.05) is 12.0 Å². The summed E-state index contributed by atoms with van der Waals surface area (Å²) in [5, 5.41) is 0.674. The maximum absolute atomic E-state index is 11.8. The number of Topliss-reactive ketones (excluding diaryl/α,β-unsaturated/α-hetero) is 1. The molecule has 0 bridgehead atoms. The van der Waals surface area contributed by atoms with Gasteiger partial charge in [-0.05, 0) is 56.7 Å². The molecular weight excluding hydrogens is 330 g/mol. The minimum absolute atomic E-state index is 0.0412. The Bertz CT molecular complexity index is 760. The fourth-order valence-electron chi connectivity index (χ4n) is 2.48. The first-order valence-electron chi connectivity index (χ1n) is 7.36. The van der Waals surface area contributed by atoms with E-state index < -0.39 is 10.8 Å². The summed E-state index contributed by atoms with van der Waals surface area (Å²) in [6, 6.07) is 9.41. The van der Waals surface area contributed by atoms with Gasteiger partial charge < -0.3 is 4.57 Å². The molecule has 0 saturated carbocycles. The average molecular weight is 350 g/mol. The molecule has 1 aromatic heterocycles. The molecule has 0 saturated heterocycles. The molecule has 5 heteroatoms. The van der Waals surface area contributed by atoms with Gasteiger partial charge in [0.05, 0.1) is 0 Å². The van der Waals surface area contributed by atoms with Crippen LogP contribution in [0.4, 0.5) is 0 Å². The summed E-state index contributed by atoms with van der Waals surface area (Å²) in [5.41, 5.74) is 3.49. The number of nitrogens with zero attached hydrogens (tertiary/aromatic N) is 1. The van der Waals surface area contributed by atoms with Gasteiger partial charge in [0.15, 0.2) is 5.78 Å². The van der Waals surface area contributed by atoms with Crippen LogP contribution >= 0.6 is 11.6 Å². The van der Waals surface area contributed by atoms with Crippen molar-refractivity contribution in [2.45, 2.75) is 20.3 Å². The first-order valence-corrected chi connectivity index (χ1v) is 9.46. The molecule has 1 aromatic carbocycles. The van der Waals surface area contributed by atoms with Crippen molar-refractivity contribution in [3.8, 4) is 5.69 Å². The molecule has 23 heavy (non-hydrogen) atoms. The van der Waals surface area contributed by atoms with E-state index in [-0.39, 0.29) is 5.78 Å². The van der Waals surface area contributed by atoms with E-state index in [1.54, 1.807) is 13.2 Å². The van der Waals surface area contributed by atoms with Gasteiger partial charge in [0.1, 0.15) is 0 Å². The number of hydrogen-bond acceptors (Lipinski definition) is 2. The third kappa shape index (κ3) is 4.43. The third-order valence-electron chi connectivity index (χ3n) is 3.60. The first-order chi connectivity index (χ1) is 10.9. The Balaban J connectivity index is 2.43. The van der Waals surface area contributed by atoms with Crippen LogP contribution in [-0.2, 0) is 10.8 Å². The smallest absolute Gasteiger partial charge is 0.161 e. The van der Waals surface area contributed by atoms with E-state index in [2.05, 4.69) is 0 Å². The van der Waals surface area contributed by atoms with Gasteiger partial charge in [0.2, 0.25) is 0 Å². The number of halogens is 1. The zero-order valence-corrected chi connectivity index (χ0v) is 15.1. The highest BCUT2D eigenvalue weighted by atomic mass is 35.5. The molecule has 0 aliphatic carbocycles. The Hall–Kier alpha value is -1.65. The van der Waals surface area contributed by atoms with Gasteiger partial charge in [-0.15, -0.1) is 0 Å². The Morgan fingerprint density at radius 1 is 1.30 bits per heavy atom. The molecule has 122 valence electrons. The molecule has 0 aliphatic rings. The maximum Gasteiger partial charge on any atom is 0.161 e. The molecule has 0 fully saturated rings. The lowest BCUT2D eigenvalue weighted by Crippen LogP contribution is -2.01. The number of carbonyl (C=O) groups is 1. The second-order valence-corrected chi connectivity index (χ2v) is 7.40. The number of hydrogen-bond donors (Lipinski definition) is 0. The highest BCUT2D eigenvalue weighted by molar-refractivity contribution is 7.84. The summed E-state index contributed by atoms with van der Waals surface area (Å²) in [4.78, 5) is 11.8. The number of rotatable bonds is 6. The van der Waals surface area contributed by atoms with Crippen LogP contribution in [0.3, 0.4) is 0 Å². The maximum atomic E-state index is 11.8. The van der Waals surface area contributed by atoms with Crippen LogP contribution in [0.25, 0.3) is 11.8 Å². The largest absolute Gasteiger partial charge is 0.314 e. The number of ketones is 1. The van der Waals surface area contributed by atoms with Gasteiger partial charge in [0, 0.05) is 50.5 Å². The van der Waals surface area contributed by atoms with Crippen molar-refractivity contribution >= 4 is 34.3 Å². The predicted octanol–water partition coefficient (Wildman–Crippen LogP) is 4.42. The second kappa shape index (κ2) is 7.75. The summed E-state index contributed by atoms with van der Waals surface area (Å²) in [7, 11) is -0.801. The van der Waals surface area contributed by atoms with Gasteiger partial charge in [-0.2, -0.15) is 0 Å². The highest BCUT2D eigenvalue weighted by Crippen LogP contribution is 2.24. The molecule has 0 aliphatic heterocycles. The monoisotopic (exact) mass is 349 g/mol. The average Bonchev–Trinajstić information content (AvgIpc) is 2.81. The van der Waals surface area contributed by atoms with Crippen LogP contribution in [0.2, 0.25) is 5.02 Å². The van der Waals surface area contributed by atoms with E-state index in [4.69, 9.17) is 11.6 Å². The van der Waals surface area contributed by atoms with Crippen molar-refractivity contribution in [3.63, 3.8) is 0 Å². The standard InChI is InChI=1S/C18H20ClNO2S/c1-13-18(14(2)21)12-17(6-4-5-11-23(3)22)20(13)16-9-7-15(19)8-10-16/h4,6-10,12H,5,11H2,1-3H3/b6-4+. The van der Waals surface area contributed by atoms with Crippen molar-refractivity contribution < 1.29 is 9.00 Å². The van der Waals surface area contributed by atoms with Crippen LogP contribution in [0.15, 0.2) is 36.4 Å². The molecule has 1 heterocycles. The second-order valence-electron chi connectivity index (χ2n) is 5.40. The van der Waals surface area contributed by atoms with Crippen molar-refractivity contribution in [1.29, 1.82) is 0 Å².